The van der Waals surface area contributed by atoms with Crippen LogP contribution in [0.2, 0.25) is 0 Å². The van der Waals surface area contributed by atoms with E-state index in [4.69, 9.17) is 5.11 Å². The fourth-order valence-electron chi connectivity index (χ4n) is 0.210. The molecule has 0 rings (SSSR count). The first kappa shape index (κ1) is 13.0. The third-order valence-corrected chi connectivity index (χ3v) is 0.650. The summed E-state index contributed by atoms with van der Waals surface area (Å²) >= 11 is 0. The maximum atomic E-state index is 9.58. The van der Waals surface area contributed by atoms with Gasteiger partial charge in [-0.05, 0) is 0 Å². The Morgan fingerprint density at radius 2 is 1.60 bits per heavy atom. The fraction of sp³-hybridized carbons (Fsp3) is 1.00. The van der Waals surface area contributed by atoms with Crippen molar-refractivity contribution < 1.29 is 66.3 Å². The molecular formula is C2H4KN2O5+. The Morgan fingerprint density at radius 1 is 1.30 bits per heavy atom. The van der Waals surface area contributed by atoms with E-state index in [-0.39, 0.29) is 51.4 Å². The van der Waals surface area contributed by atoms with Crippen LogP contribution >= 0.6 is 0 Å². The van der Waals surface area contributed by atoms with Crippen LogP contribution in [-0.4, -0.2) is 27.7 Å². The van der Waals surface area contributed by atoms with Crippen LogP contribution in [0.15, 0.2) is 0 Å². The van der Waals surface area contributed by atoms with Gasteiger partial charge in [-0.2, -0.15) is 0 Å². The quantitative estimate of drug-likeness (QED) is 0.203. The molecule has 7 nitrogen and oxygen atoms in total. The van der Waals surface area contributed by atoms with Crippen molar-refractivity contribution in [3.8, 4) is 0 Å². The molecule has 0 aliphatic heterocycles. The molecule has 0 saturated heterocycles. The van der Waals surface area contributed by atoms with Gasteiger partial charge in [0.05, 0.1) is 9.85 Å². The molecule has 0 fully saturated rings. The van der Waals surface area contributed by atoms with Gasteiger partial charge in [-0.15, -0.1) is 0 Å². The van der Waals surface area contributed by atoms with Crippen molar-refractivity contribution in [2.75, 3.05) is 6.61 Å². The number of aliphatic hydroxyl groups excluding tert-OH is 1. The van der Waals surface area contributed by atoms with Crippen molar-refractivity contribution in [1.29, 1.82) is 0 Å². The van der Waals surface area contributed by atoms with Crippen molar-refractivity contribution in [3.63, 3.8) is 0 Å². The maximum absolute atomic E-state index is 9.58. The largest absolute Gasteiger partial charge is 1.00 e. The van der Waals surface area contributed by atoms with E-state index in [0.717, 1.165) is 0 Å². The Hall–Kier alpha value is 0.396. The summed E-state index contributed by atoms with van der Waals surface area (Å²) in [6.45, 7) is -1.07. The van der Waals surface area contributed by atoms with Gasteiger partial charge in [-0.3, -0.25) is 20.2 Å². The number of nitro groups is 2. The molecule has 0 spiro atoms. The third-order valence-electron chi connectivity index (χ3n) is 0.650. The molecule has 52 valence electrons. The first-order valence-corrected chi connectivity index (χ1v) is 1.97. The summed E-state index contributed by atoms with van der Waals surface area (Å²) in [4.78, 5) is 16.8. The van der Waals surface area contributed by atoms with Crippen molar-refractivity contribution in [1.82, 2.24) is 0 Å². The average molecular weight is 175 g/mol. The smallest absolute Gasteiger partial charge is 0.382 e. The minimum atomic E-state index is -2.08. The van der Waals surface area contributed by atoms with Crippen LogP contribution in [0, 0.1) is 20.2 Å². The molecular weight excluding hydrogens is 171 g/mol. The minimum Gasteiger partial charge on any atom is -0.382 e. The van der Waals surface area contributed by atoms with Gasteiger partial charge in [0.1, 0.15) is 0 Å². The Balaban J connectivity index is 0. The Labute approximate surface area is 98.1 Å². The van der Waals surface area contributed by atoms with Gasteiger partial charge in [-0.25, -0.2) is 0 Å². The number of hydrogen-bond donors (Lipinski definition) is 1. The number of hydrogen-bond acceptors (Lipinski definition) is 5. The average Bonchev–Trinajstić information content (AvgIpc) is 1.64. The Kier molecular flexibility index (Phi) is 7.98. The van der Waals surface area contributed by atoms with Crippen molar-refractivity contribution in [2.24, 2.45) is 0 Å². The number of nitrogens with zero attached hydrogens (tertiary/aromatic N) is 2. The van der Waals surface area contributed by atoms with Gasteiger partial charge >= 0.3 is 57.6 Å². The standard InChI is InChI=1S/C2H4N2O5.K/c5-1-2(3(6)7)4(8)9;/h2,5H,1H2;/q;+1. The summed E-state index contributed by atoms with van der Waals surface area (Å²) in [7, 11) is 0. The molecule has 1 N–H and O–H groups in total. The fourth-order valence-corrected chi connectivity index (χ4v) is 0.210. The molecule has 0 amide bonds. The predicted octanol–water partition coefficient (Wildman–Crippen LogP) is -4.14. The van der Waals surface area contributed by atoms with Crippen LogP contribution in [0.3, 0.4) is 0 Å². The molecule has 0 aromatic rings. The van der Waals surface area contributed by atoms with E-state index in [1.165, 1.54) is 0 Å². The molecule has 0 aliphatic carbocycles. The molecule has 0 heterocycles. The van der Waals surface area contributed by atoms with E-state index < -0.39 is 22.6 Å². The normalized spacial score (nSPS) is 8.60. The van der Waals surface area contributed by atoms with Gasteiger partial charge in [0.2, 0.25) is 0 Å². The summed E-state index contributed by atoms with van der Waals surface area (Å²) in [5.74, 6) is 0. The molecule has 0 aliphatic rings. The van der Waals surface area contributed by atoms with E-state index >= 15 is 0 Å². The summed E-state index contributed by atoms with van der Waals surface area (Å²) in [6, 6.07) is 0. The van der Waals surface area contributed by atoms with Crippen LogP contribution in [0.1, 0.15) is 0 Å². The van der Waals surface area contributed by atoms with Crippen LogP contribution < -0.4 is 51.4 Å². The topological polar surface area (TPSA) is 107 Å². The van der Waals surface area contributed by atoms with Gasteiger partial charge in [0.25, 0.3) is 0 Å². The molecule has 0 unspecified atom stereocenters. The molecule has 0 radical (unpaired) electrons. The zero-order valence-electron chi connectivity index (χ0n) is 5.26. The zero-order valence-corrected chi connectivity index (χ0v) is 8.38. The number of rotatable bonds is 3. The first-order chi connectivity index (χ1) is 4.09. The van der Waals surface area contributed by atoms with Gasteiger partial charge < -0.3 is 5.11 Å². The van der Waals surface area contributed by atoms with E-state index in [1.54, 1.807) is 0 Å². The molecule has 0 atom stereocenters. The van der Waals surface area contributed by atoms with E-state index in [0.29, 0.717) is 0 Å². The summed E-state index contributed by atoms with van der Waals surface area (Å²) in [5.41, 5.74) is 0. The van der Waals surface area contributed by atoms with E-state index in [9.17, 15) is 20.2 Å². The molecule has 0 saturated carbocycles. The summed E-state index contributed by atoms with van der Waals surface area (Å²) < 4.78 is 0. The summed E-state index contributed by atoms with van der Waals surface area (Å²) in [6.07, 6.45) is -2.08. The third kappa shape index (κ3) is 4.25. The molecule has 8 heteroatoms. The Morgan fingerprint density at radius 3 is 1.60 bits per heavy atom. The monoisotopic (exact) mass is 175 g/mol. The van der Waals surface area contributed by atoms with Crippen LogP contribution in [0.25, 0.3) is 0 Å². The second-order valence-electron chi connectivity index (χ2n) is 1.23. The SMILES string of the molecule is O=[N+]([O-])C(CO)[N+](=O)[O-].[K+]. The second-order valence-corrected chi connectivity index (χ2v) is 1.23. The second kappa shape index (κ2) is 6.13. The zero-order chi connectivity index (χ0) is 7.44. The molecule has 0 aromatic heterocycles. The van der Waals surface area contributed by atoms with Gasteiger partial charge in [0.15, 0.2) is 6.61 Å². The first-order valence-electron chi connectivity index (χ1n) is 1.97. The maximum Gasteiger partial charge on any atom is 1.00 e. The molecule has 10 heavy (non-hydrogen) atoms. The van der Waals surface area contributed by atoms with Gasteiger partial charge in [-0.1, -0.05) is 0 Å². The van der Waals surface area contributed by atoms with E-state index in [2.05, 4.69) is 0 Å². The number of aliphatic hydroxyl groups is 1. The molecule has 0 bridgehead atoms. The van der Waals surface area contributed by atoms with Crippen LogP contribution in [-0.2, 0) is 0 Å². The van der Waals surface area contributed by atoms with Crippen LogP contribution in [0.4, 0.5) is 0 Å². The summed E-state index contributed by atoms with van der Waals surface area (Å²) in [5, 5.41) is 27.1. The predicted molar refractivity (Wildman–Crippen MR) is 24.9 cm³/mol. The van der Waals surface area contributed by atoms with E-state index in [1.807, 2.05) is 0 Å². The molecule has 0 aromatic carbocycles. The van der Waals surface area contributed by atoms with Crippen LogP contribution in [0.5, 0.6) is 0 Å². The van der Waals surface area contributed by atoms with Crippen molar-refractivity contribution in [3.05, 3.63) is 20.2 Å². The minimum absolute atomic E-state index is 0. The Bertz CT molecular complexity index is 124. The van der Waals surface area contributed by atoms with Gasteiger partial charge in [0, 0.05) is 0 Å². The van der Waals surface area contributed by atoms with Crippen molar-refractivity contribution in [2.45, 2.75) is 6.17 Å². The van der Waals surface area contributed by atoms with Crippen molar-refractivity contribution >= 4 is 0 Å².